The fourth-order valence-corrected chi connectivity index (χ4v) is 1.72. The van der Waals surface area contributed by atoms with Gasteiger partial charge in [-0.15, -0.1) is 12.6 Å². The molecule has 0 aliphatic carbocycles. The zero-order valence-corrected chi connectivity index (χ0v) is 10.7. The lowest BCUT2D eigenvalue weighted by Crippen LogP contribution is -2.29. The Balaban J connectivity index is 2.60. The summed E-state index contributed by atoms with van der Waals surface area (Å²) in [7, 11) is 0. The minimum Gasteiger partial charge on any atom is -0.464 e. The number of fused-ring (bicyclic) bond motifs is 1. The third kappa shape index (κ3) is 2.58. The largest absolute Gasteiger partial charge is 0.464 e. The molecule has 0 fully saturated rings. The summed E-state index contributed by atoms with van der Waals surface area (Å²) in [5.74, 6) is 0. The first-order chi connectivity index (χ1) is 7.66. The van der Waals surface area contributed by atoms with Crippen molar-refractivity contribution in [1.29, 1.82) is 0 Å². The molecule has 0 aliphatic rings. The molecule has 1 heterocycles. The van der Waals surface area contributed by atoms with E-state index in [1.54, 1.807) is 12.3 Å². The lowest BCUT2D eigenvalue weighted by Gasteiger charge is -2.03. The van der Waals surface area contributed by atoms with Gasteiger partial charge >= 0.3 is 0 Å². The van der Waals surface area contributed by atoms with E-state index >= 15 is 0 Å². The van der Waals surface area contributed by atoms with Gasteiger partial charge in [0.25, 0.3) is 0 Å². The molecule has 4 nitrogen and oxygen atoms in total. The van der Waals surface area contributed by atoms with Gasteiger partial charge in [0.2, 0.25) is 0 Å². The number of nitrogens with two attached hydrogens (primary N) is 1. The highest BCUT2D eigenvalue weighted by molar-refractivity contribution is 9.10. The summed E-state index contributed by atoms with van der Waals surface area (Å²) < 4.78 is 6.32. The van der Waals surface area contributed by atoms with Crippen LogP contribution < -0.4 is 16.5 Å². The molecule has 6 heteroatoms. The number of hydrogen-bond donors (Lipinski definition) is 3. The molecule has 1 atom stereocenters. The van der Waals surface area contributed by atoms with Gasteiger partial charge in [-0.05, 0) is 18.2 Å². The van der Waals surface area contributed by atoms with Crippen molar-refractivity contribution in [3.8, 4) is 0 Å². The SMILES string of the molecule is NC(S)NN=c1ccoc2ccc(Br)cc12. The van der Waals surface area contributed by atoms with Crippen molar-refractivity contribution < 1.29 is 4.42 Å². The zero-order chi connectivity index (χ0) is 11.5. The van der Waals surface area contributed by atoms with E-state index in [9.17, 15) is 0 Å². The fourth-order valence-electron chi connectivity index (χ4n) is 1.30. The van der Waals surface area contributed by atoms with Gasteiger partial charge < -0.3 is 10.2 Å². The molecule has 3 N–H and O–H groups in total. The molecule has 0 amide bonds. The average molecular weight is 300 g/mol. The molecular formula is C10H10BrN3OS. The maximum Gasteiger partial charge on any atom is 0.136 e. The van der Waals surface area contributed by atoms with E-state index in [0.717, 1.165) is 20.8 Å². The molecule has 1 unspecified atom stereocenters. The van der Waals surface area contributed by atoms with Crippen molar-refractivity contribution in [3.05, 3.63) is 40.4 Å². The normalized spacial score (nSPS) is 14.1. The number of hydrogen-bond acceptors (Lipinski definition) is 5. The van der Waals surface area contributed by atoms with E-state index in [1.807, 2.05) is 18.2 Å². The molecule has 1 aromatic carbocycles. The van der Waals surface area contributed by atoms with Crippen molar-refractivity contribution >= 4 is 39.5 Å². The van der Waals surface area contributed by atoms with Crippen LogP contribution in [-0.4, -0.2) is 5.50 Å². The Morgan fingerprint density at radius 1 is 1.44 bits per heavy atom. The van der Waals surface area contributed by atoms with Gasteiger partial charge in [-0.1, -0.05) is 15.9 Å². The summed E-state index contributed by atoms with van der Waals surface area (Å²) in [6.07, 6.45) is 1.58. The van der Waals surface area contributed by atoms with Crippen LogP contribution in [0.25, 0.3) is 11.0 Å². The Morgan fingerprint density at radius 2 is 2.25 bits per heavy atom. The lowest BCUT2D eigenvalue weighted by molar-refractivity contribution is 0.599. The maximum atomic E-state index is 5.44. The Kier molecular flexibility index (Phi) is 3.52. The first-order valence-electron chi connectivity index (χ1n) is 4.57. The van der Waals surface area contributed by atoms with Crippen LogP contribution in [0.2, 0.25) is 0 Å². The van der Waals surface area contributed by atoms with Crippen LogP contribution >= 0.6 is 28.6 Å². The number of nitrogens with zero attached hydrogens (tertiary/aromatic N) is 1. The number of thiol groups is 1. The Morgan fingerprint density at radius 3 is 3.00 bits per heavy atom. The minimum atomic E-state index is -0.487. The minimum absolute atomic E-state index is 0.487. The predicted molar refractivity (Wildman–Crippen MR) is 69.6 cm³/mol. The van der Waals surface area contributed by atoms with E-state index < -0.39 is 5.50 Å². The summed E-state index contributed by atoms with van der Waals surface area (Å²) in [5.41, 5.74) is 8.40. The van der Waals surface area contributed by atoms with Crippen molar-refractivity contribution in [2.75, 3.05) is 0 Å². The van der Waals surface area contributed by atoms with Crippen LogP contribution in [0.4, 0.5) is 0 Å². The van der Waals surface area contributed by atoms with Gasteiger partial charge in [0, 0.05) is 15.9 Å². The highest BCUT2D eigenvalue weighted by atomic mass is 79.9. The standard InChI is InChI=1S/C10H10BrN3OS/c11-6-1-2-9-7(5-6)8(3-4-15-9)13-14-10(12)16/h1-5,10,14,16H,12H2. The summed E-state index contributed by atoms with van der Waals surface area (Å²) >= 11 is 7.39. The third-order valence-corrected chi connectivity index (χ3v) is 2.56. The molecule has 1 aromatic heterocycles. The summed E-state index contributed by atoms with van der Waals surface area (Å²) in [6, 6.07) is 7.48. The summed E-state index contributed by atoms with van der Waals surface area (Å²) in [6.45, 7) is 0. The third-order valence-electron chi connectivity index (χ3n) is 1.96. The summed E-state index contributed by atoms with van der Waals surface area (Å²) in [4.78, 5) is 0. The van der Waals surface area contributed by atoms with E-state index in [-0.39, 0.29) is 0 Å². The fraction of sp³-hybridized carbons (Fsp3) is 0.100. The van der Waals surface area contributed by atoms with E-state index in [1.165, 1.54) is 0 Å². The van der Waals surface area contributed by atoms with Crippen molar-refractivity contribution in [1.82, 2.24) is 5.43 Å². The van der Waals surface area contributed by atoms with Crippen LogP contribution in [-0.2, 0) is 0 Å². The molecule has 0 spiro atoms. The quantitative estimate of drug-likeness (QED) is 0.450. The Bertz CT molecular complexity index is 567. The van der Waals surface area contributed by atoms with Crippen molar-refractivity contribution in [2.45, 2.75) is 5.50 Å². The maximum absolute atomic E-state index is 5.44. The molecule has 84 valence electrons. The van der Waals surface area contributed by atoms with Crippen LogP contribution in [0, 0.1) is 0 Å². The number of nitrogens with one attached hydrogen (secondary N) is 1. The van der Waals surface area contributed by atoms with Gasteiger partial charge in [0.05, 0.1) is 11.6 Å². The second kappa shape index (κ2) is 4.90. The molecule has 0 bridgehead atoms. The number of benzene rings is 1. The van der Waals surface area contributed by atoms with Gasteiger partial charge in [0.15, 0.2) is 0 Å². The highest BCUT2D eigenvalue weighted by Gasteiger charge is 1.99. The van der Waals surface area contributed by atoms with Crippen LogP contribution in [0.15, 0.2) is 44.5 Å². The first kappa shape index (κ1) is 11.5. The molecule has 2 rings (SSSR count). The van der Waals surface area contributed by atoms with Crippen LogP contribution in [0.1, 0.15) is 0 Å². The second-order valence-corrected chi connectivity index (χ2v) is 4.60. The molecule has 0 radical (unpaired) electrons. The van der Waals surface area contributed by atoms with Gasteiger partial charge in [-0.2, -0.15) is 5.10 Å². The molecule has 0 aliphatic heterocycles. The van der Waals surface area contributed by atoms with Gasteiger partial charge in [-0.3, -0.25) is 5.43 Å². The molecular weight excluding hydrogens is 290 g/mol. The van der Waals surface area contributed by atoms with Gasteiger partial charge in [0.1, 0.15) is 11.1 Å². The van der Waals surface area contributed by atoms with Crippen LogP contribution in [0.5, 0.6) is 0 Å². The zero-order valence-electron chi connectivity index (χ0n) is 8.22. The molecule has 0 saturated heterocycles. The highest BCUT2D eigenvalue weighted by Crippen LogP contribution is 2.16. The topological polar surface area (TPSA) is 63.5 Å². The predicted octanol–water partition coefficient (Wildman–Crippen LogP) is 1.77. The average Bonchev–Trinajstić information content (AvgIpc) is 2.26. The monoisotopic (exact) mass is 299 g/mol. The number of halogens is 1. The van der Waals surface area contributed by atoms with Crippen molar-refractivity contribution in [2.24, 2.45) is 10.8 Å². The van der Waals surface area contributed by atoms with E-state index in [2.05, 4.69) is 39.1 Å². The smallest absolute Gasteiger partial charge is 0.136 e. The molecule has 16 heavy (non-hydrogen) atoms. The van der Waals surface area contributed by atoms with Gasteiger partial charge in [-0.25, -0.2) is 0 Å². The first-order valence-corrected chi connectivity index (χ1v) is 5.88. The van der Waals surface area contributed by atoms with E-state index in [0.29, 0.717) is 0 Å². The Labute approximate surface area is 106 Å². The molecule has 0 saturated carbocycles. The van der Waals surface area contributed by atoms with Crippen LogP contribution in [0.3, 0.4) is 0 Å². The second-order valence-electron chi connectivity index (χ2n) is 3.13. The molecule has 2 aromatic rings. The van der Waals surface area contributed by atoms with Crippen molar-refractivity contribution in [3.63, 3.8) is 0 Å². The Hall–Kier alpha value is -0.980. The summed E-state index contributed by atoms with van der Waals surface area (Å²) in [5, 5.41) is 5.80. The number of rotatable bonds is 2. The van der Waals surface area contributed by atoms with E-state index in [4.69, 9.17) is 10.2 Å². The lowest BCUT2D eigenvalue weighted by atomic mass is 10.2.